The Hall–Kier alpha value is -4.11. The molecule has 4 rings (SSSR count). The first kappa shape index (κ1) is 24.0. The number of rotatable bonds is 8. The normalized spacial score (nSPS) is 14.3. The fourth-order valence-corrected chi connectivity index (χ4v) is 4.09. The number of thioether (sulfide) groups is 1. The zero-order valence-electron chi connectivity index (χ0n) is 18.7. The monoisotopic (exact) mass is 492 g/mol. The van der Waals surface area contributed by atoms with Gasteiger partial charge in [-0.3, -0.25) is 19.3 Å². The van der Waals surface area contributed by atoms with Crippen molar-refractivity contribution in [3.8, 4) is 11.5 Å². The number of hydrogen-bond donors (Lipinski definition) is 1. The molecule has 1 fully saturated rings. The first-order chi connectivity index (χ1) is 16.9. The van der Waals surface area contributed by atoms with Gasteiger partial charge in [-0.05, 0) is 77.5 Å². The first-order valence-electron chi connectivity index (χ1n) is 10.6. The summed E-state index contributed by atoms with van der Waals surface area (Å²) in [6, 6.07) is 19.7. The summed E-state index contributed by atoms with van der Waals surface area (Å²) >= 11 is 0.773. The molecule has 7 nitrogen and oxygen atoms in total. The number of amides is 3. The van der Waals surface area contributed by atoms with Crippen LogP contribution in [0, 0.1) is 5.82 Å². The summed E-state index contributed by atoms with van der Waals surface area (Å²) in [5, 5.41) is 2.14. The van der Waals surface area contributed by atoms with E-state index in [1.165, 1.54) is 19.2 Å². The lowest BCUT2D eigenvalue weighted by Crippen LogP contribution is -2.36. The van der Waals surface area contributed by atoms with Crippen LogP contribution < -0.4 is 14.8 Å². The van der Waals surface area contributed by atoms with Crippen LogP contribution >= 0.6 is 11.8 Å². The lowest BCUT2D eigenvalue weighted by molar-refractivity contribution is -0.127. The third-order valence-electron chi connectivity index (χ3n) is 5.02. The second kappa shape index (κ2) is 10.9. The van der Waals surface area contributed by atoms with Gasteiger partial charge in [-0.1, -0.05) is 24.3 Å². The number of methoxy groups -OCH3 is 1. The Labute approximate surface area is 205 Å². The van der Waals surface area contributed by atoms with E-state index in [4.69, 9.17) is 9.47 Å². The minimum Gasteiger partial charge on any atom is -0.497 e. The molecule has 1 N–H and O–H groups in total. The van der Waals surface area contributed by atoms with E-state index in [1.807, 2.05) is 0 Å². The lowest BCUT2D eigenvalue weighted by atomic mass is 10.2. The van der Waals surface area contributed by atoms with Gasteiger partial charge in [0.25, 0.3) is 11.1 Å². The minimum atomic E-state index is -0.539. The van der Waals surface area contributed by atoms with Gasteiger partial charge < -0.3 is 14.8 Å². The van der Waals surface area contributed by atoms with Crippen LogP contribution in [0.2, 0.25) is 0 Å². The van der Waals surface area contributed by atoms with E-state index in [-0.39, 0.29) is 17.3 Å². The third kappa shape index (κ3) is 6.27. The number of anilines is 1. The van der Waals surface area contributed by atoms with Crippen LogP contribution in [0.15, 0.2) is 77.7 Å². The Morgan fingerprint density at radius 3 is 2.49 bits per heavy atom. The van der Waals surface area contributed by atoms with Crippen LogP contribution in [0.4, 0.5) is 14.9 Å². The predicted molar refractivity (Wildman–Crippen MR) is 131 cm³/mol. The maximum absolute atomic E-state index is 13.0. The number of imide groups is 1. The second-order valence-corrected chi connectivity index (χ2v) is 8.53. The summed E-state index contributed by atoms with van der Waals surface area (Å²) in [5.74, 6) is -0.148. The number of ether oxygens (including phenoxy) is 2. The van der Waals surface area contributed by atoms with E-state index in [2.05, 4.69) is 5.32 Å². The molecular weight excluding hydrogens is 471 g/mol. The standard InChI is InChI=1S/C26H21FN2O5S/c1-33-21-11-9-20(10-12-21)28-24(30)15-29-25(31)23(35-26(29)32)14-18-3-2-4-22(13-18)34-16-17-5-7-19(27)8-6-17/h2-14H,15-16H2,1H3,(H,28,30)/b23-14+. The molecule has 9 heteroatoms. The Kier molecular flexibility index (Phi) is 7.47. The molecule has 1 saturated heterocycles. The molecule has 0 atom stereocenters. The van der Waals surface area contributed by atoms with Gasteiger partial charge in [0.2, 0.25) is 5.91 Å². The fourth-order valence-electron chi connectivity index (χ4n) is 3.25. The highest BCUT2D eigenvalue weighted by molar-refractivity contribution is 8.18. The molecular formula is C26H21FN2O5S. The van der Waals surface area contributed by atoms with E-state index >= 15 is 0 Å². The van der Waals surface area contributed by atoms with Crippen molar-refractivity contribution in [3.63, 3.8) is 0 Å². The van der Waals surface area contributed by atoms with Crippen LogP contribution in [-0.2, 0) is 16.2 Å². The molecule has 3 aromatic carbocycles. The van der Waals surface area contributed by atoms with E-state index in [1.54, 1.807) is 66.7 Å². The number of halogens is 1. The number of hydrogen-bond acceptors (Lipinski definition) is 6. The molecule has 1 aliphatic rings. The summed E-state index contributed by atoms with van der Waals surface area (Å²) in [6.07, 6.45) is 1.58. The van der Waals surface area contributed by atoms with Crippen molar-refractivity contribution in [3.05, 3.63) is 94.6 Å². The van der Waals surface area contributed by atoms with Gasteiger partial charge in [0.15, 0.2) is 0 Å². The van der Waals surface area contributed by atoms with Crippen molar-refractivity contribution < 1.29 is 28.2 Å². The molecule has 0 unspecified atom stereocenters. The topological polar surface area (TPSA) is 84.9 Å². The summed E-state index contributed by atoms with van der Waals surface area (Å²) in [5.41, 5.74) is 2.00. The highest BCUT2D eigenvalue weighted by atomic mass is 32.2. The van der Waals surface area contributed by atoms with Crippen molar-refractivity contribution in [1.82, 2.24) is 4.90 Å². The highest BCUT2D eigenvalue weighted by Crippen LogP contribution is 2.32. The Balaban J connectivity index is 1.38. The molecule has 3 amide bonds. The van der Waals surface area contributed by atoms with Gasteiger partial charge in [0, 0.05) is 5.69 Å². The van der Waals surface area contributed by atoms with Crippen LogP contribution in [0.3, 0.4) is 0 Å². The molecule has 0 aliphatic carbocycles. The Morgan fingerprint density at radius 2 is 1.77 bits per heavy atom. The van der Waals surface area contributed by atoms with Gasteiger partial charge in [-0.25, -0.2) is 4.39 Å². The number of nitrogens with zero attached hydrogens (tertiary/aromatic N) is 1. The Morgan fingerprint density at radius 1 is 1.03 bits per heavy atom. The van der Waals surface area contributed by atoms with Crippen molar-refractivity contribution in [2.75, 3.05) is 19.0 Å². The second-order valence-electron chi connectivity index (χ2n) is 7.53. The van der Waals surface area contributed by atoms with E-state index in [9.17, 15) is 18.8 Å². The first-order valence-corrected chi connectivity index (χ1v) is 11.4. The van der Waals surface area contributed by atoms with E-state index in [0.717, 1.165) is 22.2 Å². The van der Waals surface area contributed by atoms with Gasteiger partial charge in [-0.15, -0.1) is 0 Å². The smallest absolute Gasteiger partial charge is 0.294 e. The third-order valence-corrected chi connectivity index (χ3v) is 5.93. The van der Waals surface area contributed by atoms with Gasteiger partial charge in [-0.2, -0.15) is 0 Å². The van der Waals surface area contributed by atoms with Gasteiger partial charge >= 0.3 is 0 Å². The number of carbonyl (C=O) groups excluding carboxylic acids is 3. The lowest BCUT2D eigenvalue weighted by Gasteiger charge is -2.12. The maximum Gasteiger partial charge on any atom is 0.294 e. The molecule has 1 heterocycles. The number of carbonyl (C=O) groups is 3. The summed E-state index contributed by atoms with van der Waals surface area (Å²) in [4.78, 5) is 38.7. The molecule has 35 heavy (non-hydrogen) atoms. The molecule has 0 bridgehead atoms. The highest BCUT2D eigenvalue weighted by Gasteiger charge is 2.36. The van der Waals surface area contributed by atoms with E-state index < -0.39 is 23.6 Å². The predicted octanol–water partition coefficient (Wildman–Crippen LogP) is 5.09. The molecule has 1 aliphatic heterocycles. The van der Waals surface area contributed by atoms with Crippen molar-refractivity contribution in [2.45, 2.75) is 6.61 Å². The summed E-state index contributed by atoms with van der Waals surface area (Å²) in [7, 11) is 1.54. The van der Waals surface area contributed by atoms with Gasteiger partial charge in [0.05, 0.1) is 12.0 Å². The quantitative estimate of drug-likeness (QED) is 0.441. The zero-order valence-corrected chi connectivity index (χ0v) is 19.5. The molecule has 0 saturated carbocycles. The molecule has 0 aromatic heterocycles. The fraction of sp³-hybridized carbons (Fsp3) is 0.115. The average Bonchev–Trinajstić information content (AvgIpc) is 3.11. The molecule has 0 radical (unpaired) electrons. The molecule has 0 spiro atoms. The maximum atomic E-state index is 13.0. The largest absolute Gasteiger partial charge is 0.497 e. The van der Waals surface area contributed by atoms with Crippen molar-refractivity contribution in [2.24, 2.45) is 0 Å². The van der Waals surface area contributed by atoms with Gasteiger partial charge in [0.1, 0.15) is 30.5 Å². The van der Waals surface area contributed by atoms with Crippen LogP contribution in [0.5, 0.6) is 11.5 Å². The average molecular weight is 493 g/mol. The summed E-state index contributed by atoms with van der Waals surface area (Å²) < 4.78 is 23.9. The number of nitrogens with one attached hydrogen (secondary N) is 1. The number of benzene rings is 3. The van der Waals surface area contributed by atoms with Crippen LogP contribution in [0.25, 0.3) is 6.08 Å². The Bertz CT molecular complexity index is 1280. The molecule has 3 aromatic rings. The SMILES string of the molecule is COc1ccc(NC(=O)CN2C(=O)S/C(=C/c3cccc(OCc4ccc(F)cc4)c3)C2=O)cc1. The van der Waals surface area contributed by atoms with Crippen LogP contribution in [0.1, 0.15) is 11.1 Å². The zero-order chi connectivity index (χ0) is 24.8. The molecule has 178 valence electrons. The van der Waals surface area contributed by atoms with Crippen molar-refractivity contribution >= 4 is 40.6 Å². The van der Waals surface area contributed by atoms with Crippen molar-refractivity contribution in [1.29, 1.82) is 0 Å². The van der Waals surface area contributed by atoms with Crippen LogP contribution in [-0.4, -0.2) is 35.6 Å². The van der Waals surface area contributed by atoms with E-state index in [0.29, 0.717) is 22.7 Å². The minimum absolute atomic E-state index is 0.211. The summed E-state index contributed by atoms with van der Waals surface area (Å²) in [6.45, 7) is -0.140.